The van der Waals surface area contributed by atoms with Crippen LogP contribution in [0.2, 0.25) is 0 Å². The molecule has 2 heterocycles. The van der Waals surface area contributed by atoms with E-state index in [-0.39, 0.29) is 12.5 Å². The molecule has 0 spiro atoms. The number of hydrogen-bond donors (Lipinski definition) is 5. The average molecular weight is 460 g/mol. The van der Waals surface area contributed by atoms with Crippen LogP contribution in [0.4, 0.5) is 5.69 Å². The normalized spacial score (nSPS) is 14.1. The highest BCUT2D eigenvalue weighted by Gasteiger charge is 2.38. The van der Waals surface area contributed by atoms with E-state index in [4.69, 9.17) is 10.1 Å². The van der Waals surface area contributed by atoms with Gasteiger partial charge in [0.2, 0.25) is 0 Å². The number of aryl methyl sites for hydroxylation is 1. The molecule has 1 aromatic heterocycles. The van der Waals surface area contributed by atoms with Crippen molar-refractivity contribution < 1.29 is 14.6 Å². The smallest absolute Gasteiger partial charge is 0.252 e. The number of rotatable bonds is 9. The van der Waals surface area contributed by atoms with Crippen LogP contribution in [0.1, 0.15) is 28.4 Å². The maximum absolute atomic E-state index is 12.9. The van der Waals surface area contributed by atoms with Gasteiger partial charge in [-0.1, -0.05) is 13.0 Å². The van der Waals surface area contributed by atoms with Crippen molar-refractivity contribution >= 4 is 17.8 Å². The Hall–Kier alpha value is -3.75. The number of pyridine rings is 1. The molecule has 176 valence electrons. The summed E-state index contributed by atoms with van der Waals surface area (Å²) < 4.78 is 6.04. The third kappa shape index (κ3) is 4.78. The number of benzene rings is 2. The fourth-order valence-electron chi connectivity index (χ4n) is 3.95. The fourth-order valence-corrected chi connectivity index (χ4v) is 3.95. The summed E-state index contributed by atoms with van der Waals surface area (Å²) in [7, 11) is 1.80. The first-order valence-corrected chi connectivity index (χ1v) is 11.2. The lowest BCUT2D eigenvalue weighted by Gasteiger charge is -2.41. The van der Waals surface area contributed by atoms with E-state index in [9.17, 15) is 9.90 Å². The minimum Gasteiger partial charge on any atom is -0.457 e. The Morgan fingerprint density at radius 1 is 1.21 bits per heavy atom. The van der Waals surface area contributed by atoms with Crippen LogP contribution >= 0.6 is 0 Å². The van der Waals surface area contributed by atoms with Gasteiger partial charge in [0.15, 0.2) is 0 Å². The van der Waals surface area contributed by atoms with Crippen LogP contribution < -0.4 is 20.7 Å². The van der Waals surface area contributed by atoms with E-state index in [1.54, 1.807) is 19.3 Å². The van der Waals surface area contributed by atoms with E-state index in [0.29, 0.717) is 36.6 Å². The standard InChI is InChI=1S/C26H29N5O3/c1-3-17-10-18(5-7-22(17)25(33)31-26(16-32)14-29-15-26)24-12-21(8-9-30-24)34-20-6-4-19(13-27)23(11-20)28-2/h4-13,27-29,32H,3,14-16H2,1-2H3,(H,31,33). The minimum atomic E-state index is -0.585. The van der Waals surface area contributed by atoms with E-state index < -0.39 is 5.54 Å². The van der Waals surface area contributed by atoms with Crippen molar-refractivity contribution in [3.63, 3.8) is 0 Å². The number of nitrogens with zero attached hydrogens (tertiary/aromatic N) is 1. The van der Waals surface area contributed by atoms with Gasteiger partial charge in [0.1, 0.15) is 11.5 Å². The lowest BCUT2D eigenvalue weighted by Crippen LogP contribution is -2.71. The van der Waals surface area contributed by atoms with Gasteiger partial charge >= 0.3 is 0 Å². The monoisotopic (exact) mass is 459 g/mol. The summed E-state index contributed by atoms with van der Waals surface area (Å²) in [5.41, 5.74) is 4.13. The molecule has 34 heavy (non-hydrogen) atoms. The van der Waals surface area contributed by atoms with Gasteiger partial charge in [-0.3, -0.25) is 9.78 Å². The molecule has 0 atom stereocenters. The van der Waals surface area contributed by atoms with Crippen LogP contribution in [0.5, 0.6) is 11.5 Å². The molecule has 0 radical (unpaired) electrons. The third-order valence-corrected chi connectivity index (χ3v) is 6.05. The summed E-state index contributed by atoms with van der Waals surface area (Å²) in [5, 5.41) is 26.3. The highest BCUT2D eigenvalue weighted by molar-refractivity contribution is 5.97. The van der Waals surface area contributed by atoms with Crippen LogP contribution in [-0.2, 0) is 6.42 Å². The zero-order chi connectivity index (χ0) is 24.1. The Morgan fingerprint density at radius 3 is 2.65 bits per heavy atom. The first kappa shape index (κ1) is 23.4. The highest BCUT2D eigenvalue weighted by Crippen LogP contribution is 2.29. The van der Waals surface area contributed by atoms with Crippen molar-refractivity contribution in [1.82, 2.24) is 15.6 Å². The number of nitrogens with one attached hydrogen (secondary N) is 4. The van der Waals surface area contributed by atoms with Gasteiger partial charge in [0.25, 0.3) is 5.91 Å². The molecule has 1 aliphatic rings. The van der Waals surface area contributed by atoms with Gasteiger partial charge in [-0.15, -0.1) is 0 Å². The maximum atomic E-state index is 12.9. The predicted octanol–water partition coefficient (Wildman–Crippen LogP) is 3.21. The number of carbonyl (C=O) groups is 1. The van der Waals surface area contributed by atoms with E-state index in [1.807, 2.05) is 49.4 Å². The molecule has 2 aromatic carbocycles. The van der Waals surface area contributed by atoms with Crippen LogP contribution in [0.3, 0.4) is 0 Å². The molecule has 1 saturated heterocycles. The molecule has 5 N–H and O–H groups in total. The second-order valence-corrected chi connectivity index (χ2v) is 8.34. The van der Waals surface area contributed by atoms with E-state index >= 15 is 0 Å². The SMILES string of the molecule is CCc1cc(-c2cc(Oc3ccc(C=N)c(NC)c3)ccn2)ccc1C(=O)NC1(CO)CNC1. The van der Waals surface area contributed by atoms with Gasteiger partial charge in [-0.05, 0) is 42.3 Å². The van der Waals surface area contributed by atoms with Crippen LogP contribution in [-0.4, -0.2) is 54.5 Å². The number of amides is 1. The Labute approximate surface area is 198 Å². The zero-order valence-corrected chi connectivity index (χ0v) is 19.3. The van der Waals surface area contributed by atoms with Crippen molar-refractivity contribution in [2.24, 2.45) is 0 Å². The van der Waals surface area contributed by atoms with Crippen LogP contribution in [0.15, 0.2) is 54.7 Å². The molecule has 1 amide bonds. The third-order valence-electron chi connectivity index (χ3n) is 6.05. The van der Waals surface area contributed by atoms with Crippen molar-refractivity contribution in [3.8, 4) is 22.8 Å². The lowest BCUT2D eigenvalue weighted by atomic mass is 9.92. The Balaban J connectivity index is 1.56. The zero-order valence-electron chi connectivity index (χ0n) is 19.3. The molecular weight excluding hydrogens is 430 g/mol. The van der Waals surface area contributed by atoms with Gasteiger partial charge in [-0.25, -0.2) is 0 Å². The van der Waals surface area contributed by atoms with Crippen molar-refractivity contribution in [1.29, 1.82) is 5.41 Å². The number of hydrogen-bond acceptors (Lipinski definition) is 7. The molecule has 1 fully saturated rings. The van der Waals surface area contributed by atoms with Crippen molar-refractivity contribution in [3.05, 3.63) is 71.4 Å². The summed E-state index contributed by atoms with van der Waals surface area (Å²) in [6.07, 6.45) is 3.67. The fraction of sp³-hybridized carbons (Fsp3) is 0.269. The summed E-state index contributed by atoms with van der Waals surface area (Å²) >= 11 is 0. The first-order valence-electron chi connectivity index (χ1n) is 11.2. The molecule has 0 bridgehead atoms. The van der Waals surface area contributed by atoms with Crippen LogP contribution in [0.25, 0.3) is 11.3 Å². The number of aromatic nitrogens is 1. The number of ether oxygens (including phenoxy) is 1. The molecular formula is C26H29N5O3. The second kappa shape index (κ2) is 10.0. The van der Waals surface area contributed by atoms with E-state index in [2.05, 4.69) is 20.9 Å². The Kier molecular flexibility index (Phi) is 6.90. The van der Waals surface area contributed by atoms with Gasteiger partial charge < -0.3 is 31.2 Å². The van der Waals surface area contributed by atoms with Crippen molar-refractivity contribution in [2.45, 2.75) is 18.9 Å². The molecule has 8 heteroatoms. The lowest BCUT2D eigenvalue weighted by molar-refractivity contribution is 0.0721. The minimum absolute atomic E-state index is 0.0953. The molecule has 3 aromatic rings. The van der Waals surface area contributed by atoms with E-state index in [1.165, 1.54) is 6.21 Å². The largest absolute Gasteiger partial charge is 0.457 e. The van der Waals surface area contributed by atoms with Crippen LogP contribution in [0, 0.1) is 5.41 Å². The molecule has 4 rings (SSSR count). The molecule has 0 saturated carbocycles. The number of carbonyl (C=O) groups excluding carboxylic acids is 1. The van der Waals surface area contributed by atoms with Gasteiger partial charge in [-0.2, -0.15) is 0 Å². The quantitative estimate of drug-likeness (QED) is 0.314. The molecule has 0 unspecified atom stereocenters. The summed E-state index contributed by atoms with van der Waals surface area (Å²) in [6.45, 7) is 3.03. The first-order chi connectivity index (χ1) is 16.5. The summed E-state index contributed by atoms with van der Waals surface area (Å²) in [4.78, 5) is 17.4. The van der Waals surface area contributed by atoms with Gasteiger partial charge in [0, 0.05) is 67.1 Å². The van der Waals surface area contributed by atoms with Gasteiger partial charge in [0.05, 0.1) is 17.8 Å². The Morgan fingerprint density at radius 2 is 2.00 bits per heavy atom. The molecule has 1 aliphatic heterocycles. The summed E-state index contributed by atoms with van der Waals surface area (Å²) in [5.74, 6) is 1.10. The number of anilines is 1. The molecule has 8 nitrogen and oxygen atoms in total. The van der Waals surface area contributed by atoms with Crippen molar-refractivity contribution in [2.75, 3.05) is 32.1 Å². The topological polar surface area (TPSA) is 119 Å². The maximum Gasteiger partial charge on any atom is 0.252 e. The number of aliphatic hydroxyl groups is 1. The van der Waals surface area contributed by atoms with E-state index in [0.717, 1.165) is 28.1 Å². The highest BCUT2D eigenvalue weighted by atomic mass is 16.5. The predicted molar refractivity (Wildman–Crippen MR) is 133 cm³/mol. The number of aliphatic hydroxyl groups excluding tert-OH is 1. The molecule has 0 aliphatic carbocycles. The Bertz CT molecular complexity index is 1200. The summed E-state index contributed by atoms with van der Waals surface area (Å²) in [6, 6.07) is 14.8. The second-order valence-electron chi connectivity index (χ2n) is 8.34. The average Bonchev–Trinajstić information content (AvgIpc) is 2.85.